The van der Waals surface area contributed by atoms with Crippen molar-refractivity contribution in [2.24, 2.45) is 0 Å². The summed E-state index contributed by atoms with van der Waals surface area (Å²) in [6.07, 6.45) is 2.67. The molecule has 1 N–H and O–H groups in total. The number of amides is 1. The number of carbonyl (C=O) groups is 1. The van der Waals surface area contributed by atoms with Crippen LogP contribution < -0.4 is 5.32 Å². The van der Waals surface area contributed by atoms with Crippen LogP contribution in [0.1, 0.15) is 9.67 Å². The second-order valence-electron chi connectivity index (χ2n) is 6.88. The molecule has 0 saturated carbocycles. The highest BCUT2D eigenvalue weighted by Crippen LogP contribution is 2.29. The van der Waals surface area contributed by atoms with E-state index in [1.54, 1.807) is 0 Å². The smallest absolute Gasteiger partial charge is 0.305 e. The van der Waals surface area contributed by atoms with E-state index < -0.39 is 22.6 Å². The van der Waals surface area contributed by atoms with Crippen LogP contribution in [0.15, 0.2) is 60.9 Å². The Morgan fingerprint density at radius 3 is 2.50 bits per heavy atom. The Morgan fingerprint density at radius 1 is 1.03 bits per heavy atom. The van der Waals surface area contributed by atoms with Gasteiger partial charge in [-0.25, -0.2) is 24.0 Å². The van der Waals surface area contributed by atoms with E-state index in [0.717, 1.165) is 6.07 Å². The molecule has 5 aromatic rings. The number of thiophene rings is 1. The summed E-state index contributed by atoms with van der Waals surface area (Å²) in [5.41, 5.74) is 1.16. The lowest BCUT2D eigenvalue weighted by molar-refractivity contribution is -0.380. The Balaban J connectivity index is 1.63. The number of carbonyl (C=O) groups excluding carboxylic acids is 1. The van der Waals surface area contributed by atoms with Gasteiger partial charge in [0.05, 0.1) is 27.1 Å². The molecule has 0 saturated heterocycles. The third kappa shape index (κ3) is 3.95. The van der Waals surface area contributed by atoms with Gasteiger partial charge in [-0.2, -0.15) is 9.49 Å². The highest BCUT2D eigenvalue weighted by Gasteiger charge is 2.20. The molecule has 10 nitrogen and oxygen atoms in total. The van der Waals surface area contributed by atoms with E-state index >= 15 is 0 Å². The Hall–Kier alpha value is -4.65. The van der Waals surface area contributed by atoms with Gasteiger partial charge in [0.1, 0.15) is 11.6 Å². The van der Waals surface area contributed by atoms with Crippen molar-refractivity contribution in [3.63, 3.8) is 0 Å². The highest BCUT2D eigenvalue weighted by atomic mass is 32.1. The normalized spacial score (nSPS) is 11.0. The Morgan fingerprint density at radius 2 is 1.82 bits per heavy atom. The molecule has 4 aromatic heterocycles. The molecule has 0 spiro atoms. The van der Waals surface area contributed by atoms with Gasteiger partial charge in [-0.15, -0.1) is 0 Å². The summed E-state index contributed by atoms with van der Waals surface area (Å²) in [7, 11) is 0. The summed E-state index contributed by atoms with van der Waals surface area (Å²) in [4.78, 5) is 35.7. The largest absolute Gasteiger partial charge is 0.324 e. The summed E-state index contributed by atoms with van der Waals surface area (Å²) >= 11 is 0.717. The van der Waals surface area contributed by atoms with Crippen molar-refractivity contribution in [1.82, 2.24) is 24.7 Å². The van der Waals surface area contributed by atoms with E-state index in [-0.39, 0.29) is 27.2 Å². The number of hydrogen-bond acceptors (Lipinski definition) is 8. The molecule has 0 radical (unpaired) electrons. The van der Waals surface area contributed by atoms with Gasteiger partial charge in [-0.05, 0) is 42.5 Å². The number of aromatic nitrogens is 5. The number of benzene rings is 1. The van der Waals surface area contributed by atoms with Gasteiger partial charge in [-0.1, -0.05) is 11.3 Å². The zero-order chi connectivity index (χ0) is 23.8. The molecule has 34 heavy (non-hydrogen) atoms. The SMILES string of the molecule is O=C(Nc1nc(-c2ccc(F)nc2)nc2c1cnn2-c1ccc(F)cc1)c1ccc([N+](=O)[O-])s1. The third-order valence-electron chi connectivity index (χ3n) is 4.71. The van der Waals surface area contributed by atoms with Crippen LogP contribution in [-0.4, -0.2) is 35.6 Å². The number of nitrogens with one attached hydrogen (secondary N) is 1. The van der Waals surface area contributed by atoms with Gasteiger partial charge in [0.2, 0.25) is 5.95 Å². The van der Waals surface area contributed by atoms with Crippen LogP contribution in [0.25, 0.3) is 28.1 Å². The van der Waals surface area contributed by atoms with E-state index in [1.165, 1.54) is 59.5 Å². The fraction of sp³-hybridized carbons (Fsp3) is 0. The Kier molecular flexibility index (Phi) is 5.22. The monoisotopic (exact) mass is 479 g/mol. The second-order valence-corrected chi connectivity index (χ2v) is 7.95. The summed E-state index contributed by atoms with van der Waals surface area (Å²) in [6.45, 7) is 0. The van der Waals surface area contributed by atoms with Gasteiger partial charge >= 0.3 is 5.00 Å². The molecule has 1 amide bonds. The van der Waals surface area contributed by atoms with Crippen molar-refractivity contribution in [3.8, 4) is 17.1 Å². The number of fused-ring (bicyclic) bond motifs is 1. The van der Waals surface area contributed by atoms with Crippen LogP contribution in [0, 0.1) is 21.9 Å². The summed E-state index contributed by atoms with van der Waals surface area (Å²) in [6, 6.07) is 10.7. The minimum atomic E-state index is -0.686. The molecule has 1 aromatic carbocycles. The number of hydrogen-bond donors (Lipinski definition) is 1. The van der Waals surface area contributed by atoms with E-state index in [9.17, 15) is 23.7 Å². The van der Waals surface area contributed by atoms with Gasteiger partial charge in [-0.3, -0.25) is 14.9 Å². The van der Waals surface area contributed by atoms with Gasteiger partial charge in [0.15, 0.2) is 11.5 Å². The van der Waals surface area contributed by atoms with Crippen molar-refractivity contribution in [2.75, 3.05) is 5.32 Å². The average molecular weight is 479 g/mol. The van der Waals surface area contributed by atoms with Crippen molar-refractivity contribution < 1.29 is 18.5 Å². The predicted octanol–water partition coefficient (Wildman–Crippen LogP) is 4.38. The number of pyridine rings is 1. The van der Waals surface area contributed by atoms with Crippen LogP contribution in [0.5, 0.6) is 0 Å². The number of halogens is 2. The van der Waals surface area contributed by atoms with Crippen LogP contribution in [0.2, 0.25) is 0 Å². The zero-order valence-electron chi connectivity index (χ0n) is 16.8. The molecule has 5 rings (SSSR count). The molecule has 4 heterocycles. The van der Waals surface area contributed by atoms with E-state index in [2.05, 4.69) is 25.4 Å². The number of rotatable bonds is 5. The van der Waals surface area contributed by atoms with Crippen molar-refractivity contribution >= 4 is 39.1 Å². The minimum absolute atomic E-state index is 0.0822. The maximum absolute atomic E-state index is 13.4. The fourth-order valence-electron chi connectivity index (χ4n) is 3.13. The predicted molar refractivity (Wildman–Crippen MR) is 119 cm³/mol. The van der Waals surface area contributed by atoms with E-state index in [0.29, 0.717) is 28.0 Å². The van der Waals surface area contributed by atoms with Gasteiger partial charge in [0.25, 0.3) is 5.91 Å². The molecule has 0 aliphatic rings. The first-order valence-corrected chi connectivity index (χ1v) is 10.4. The quantitative estimate of drug-likeness (QED) is 0.225. The molecule has 0 atom stereocenters. The molecule has 0 bridgehead atoms. The first kappa shape index (κ1) is 21.2. The minimum Gasteiger partial charge on any atom is -0.305 e. The van der Waals surface area contributed by atoms with Crippen LogP contribution in [0.4, 0.5) is 19.6 Å². The molecule has 0 aliphatic carbocycles. The lowest BCUT2D eigenvalue weighted by Gasteiger charge is -2.09. The second kappa shape index (κ2) is 8.37. The molecular weight excluding hydrogens is 468 g/mol. The number of anilines is 1. The standard InChI is InChI=1S/C21H11F2N7O3S/c22-12-2-4-13(5-3-12)29-20-14(10-25-29)19(26-18(27-20)11-1-7-16(23)24-9-11)28-21(31)15-6-8-17(34-15)30(32)33/h1-10H,(H,26,27,28,31). The van der Waals surface area contributed by atoms with Crippen molar-refractivity contribution in [1.29, 1.82) is 0 Å². The number of nitro groups is 1. The maximum Gasteiger partial charge on any atom is 0.324 e. The Bertz CT molecular complexity index is 1550. The summed E-state index contributed by atoms with van der Waals surface area (Å²) in [5.74, 6) is -1.52. The average Bonchev–Trinajstić information content (AvgIpc) is 3.48. The first-order chi connectivity index (χ1) is 16.4. The Labute approximate surface area is 192 Å². The maximum atomic E-state index is 13.4. The molecule has 0 unspecified atom stereocenters. The first-order valence-electron chi connectivity index (χ1n) is 9.58. The lowest BCUT2D eigenvalue weighted by Crippen LogP contribution is -2.12. The van der Waals surface area contributed by atoms with Crippen LogP contribution >= 0.6 is 11.3 Å². The molecular formula is C21H11F2N7O3S. The highest BCUT2D eigenvalue weighted by molar-refractivity contribution is 7.17. The lowest BCUT2D eigenvalue weighted by atomic mass is 10.2. The van der Waals surface area contributed by atoms with Crippen molar-refractivity contribution in [3.05, 3.63) is 87.7 Å². The van der Waals surface area contributed by atoms with Gasteiger partial charge < -0.3 is 5.32 Å². The van der Waals surface area contributed by atoms with Crippen molar-refractivity contribution in [2.45, 2.75) is 0 Å². The summed E-state index contributed by atoms with van der Waals surface area (Å²) in [5, 5.41) is 18.1. The molecule has 13 heteroatoms. The van der Waals surface area contributed by atoms with E-state index in [4.69, 9.17) is 0 Å². The van der Waals surface area contributed by atoms with E-state index in [1.807, 2.05) is 0 Å². The van der Waals surface area contributed by atoms with Crippen LogP contribution in [0.3, 0.4) is 0 Å². The molecule has 0 fully saturated rings. The zero-order valence-corrected chi connectivity index (χ0v) is 17.7. The summed E-state index contributed by atoms with van der Waals surface area (Å²) < 4.78 is 28.2. The fourth-order valence-corrected chi connectivity index (χ4v) is 3.84. The third-order valence-corrected chi connectivity index (χ3v) is 5.75. The number of nitrogens with zero attached hydrogens (tertiary/aromatic N) is 6. The van der Waals surface area contributed by atoms with Crippen LogP contribution in [-0.2, 0) is 0 Å². The van der Waals surface area contributed by atoms with Gasteiger partial charge in [0, 0.05) is 17.8 Å². The molecule has 0 aliphatic heterocycles. The molecule has 168 valence electrons. The topological polar surface area (TPSA) is 129 Å².